The lowest BCUT2D eigenvalue weighted by Gasteiger charge is -2.26. The third kappa shape index (κ3) is 4.02. The number of nitrogen functional groups attached to an aromatic ring is 1. The molecule has 4 heterocycles. The Kier molecular flexibility index (Phi) is 5.25. The lowest BCUT2D eigenvalue weighted by molar-refractivity contribution is 0.211. The van der Waals surface area contributed by atoms with Gasteiger partial charge in [0.15, 0.2) is 11.7 Å². The third-order valence-corrected chi connectivity index (χ3v) is 6.95. The van der Waals surface area contributed by atoms with Crippen LogP contribution in [-0.4, -0.2) is 39.0 Å². The Hall–Kier alpha value is -5.25. The number of hydrogen-bond acceptors (Lipinski definition) is 10. The number of hydrazone groups is 1. The summed E-state index contributed by atoms with van der Waals surface area (Å²) in [6, 6.07) is 23.6. The van der Waals surface area contributed by atoms with Crippen molar-refractivity contribution >= 4 is 45.8 Å². The van der Waals surface area contributed by atoms with Gasteiger partial charge in [-0.2, -0.15) is 10.1 Å². The van der Waals surface area contributed by atoms with Crippen LogP contribution in [0.15, 0.2) is 92.3 Å². The van der Waals surface area contributed by atoms with Gasteiger partial charge in [0.05, 0.1) is 18.0 Å². The number of aliphatic imine (C=N–C) groups is 2. The normalized spacial score (nSPS) is 18.3. The van der Waals surface area contributed by atoms with Crippen molar-refractivity contribution in [1.29, 1.82) is 0 Å². The average molecular weight is 517 g/mol. The van der Waals surface area contributed by atoms with Crippen molar-refractivity contribution < 1.29 is 9.15 Å². The molecule has 0 aliphatic carbocycles. The number of ether oxygens (including phenoxy) is 1. The van der Waals surface area contributed by atoms with Gasteiger partial charge in [0.25, 0.3) is 6.01 Å². The fourth-order valence-electron chi connectivity index (χ4n) is 5.17. The van der Waals surface area contributed by atoms with E-state index < -0.39 is 0 Å². The third-order valence-electron chi connectivity index (χ3n) is 6.95. The van der Waals surface area contributed by atoms with Crippen LogP contribution in [-0.2, 0) is 6.54 Å². The maximum Gasteiger partial charge on any atom is 0.292 e. The largest absolute Gasteiger partial charge is 0.438 e. The van der Waals surface area contributed by atoms with Crippen LogP contribution in [0.2, 0.25) is 0 Å². The molecule has 2 atom stereocenters. The Bertz CT molecular complexity index is 1830. The number of amidine groups is 1. The van der Waals surface area contributed by atoms with Gasteiger partial charge in [-0.3, -0.25) is 5.01 Å². The van der Waals surface area contributed by atoms with E-state index in [1.165, 1.54) is 6.34 Å². The van der Waals surface area contributed by atoms with E-state index in [9.17, 15) is 0 Å². The van der Waals surface area contributed by atoms with Gasteiger partial charge in [0, 0.05) is 10.9 Å². The summed E-state index contributed by atoms with van der Waals surface area (Å²) in [5, 5.41) is 8.89. The minimum atomic E-state index is -0.357. The van der Waals surface area contributed by atoms with Gasteiger partial charge in [0.2, 0.25) is 5.88 Å². The molecular formula is C29H24N8O2. The number of rotatable bonds is 5. The lowest BCUT2D eigenvalue weighted by atomic mass is 9.93. The summed E-state index contributed by atoms with van der Waals surface area (Å²) in [4.78, 5) is 18.1. The summed E-state index contributed by atoms with van der Waals surface area (Å²) < 4.78 is 11.7. The molecular weight excluding hydrogens is 492 g/mol. The van der Waals surface area contributed by atoms with Crippen molar-refractivity contribution in [3.8, 4) is 11.6 Å². The molecule has 0 radical (unpaired) electrons. The van der Waals surface area contributed by atoms with Crippen molar-refractivity contribution in [2.24, 2.45) is 26.7 Å². The highest BCUT2D eigenvalue weighted by atomic mass is 16.5. The summed E-state index contributed by atoms with van der Waals surface area (Å²) >= 11 is 0. The van der Waals surface area contributed by atoms with E-state index in [0.29, 0.717) is 29.4 Å². The number of nitrogens with zero attached hydrogens (tertiary/aromatic N) is 6. The van der Waals surface area contributed by atoms with Crippen LogP contribution in [0.3, 0.4) is 0 Å². The minimum absolute atomic E-state index is 0.115. The first-order valence-corrected chi connectivity index (χ1v) is 12.5. The molecule has 2 aromatic heterocycles. The molecule has 0 saturated heterocycles. The molecule has 0 saturated carbocycles. The van der Waals surface area contributed by atoms with Gasteiger partial charge in [-0.25, -0.2) is 15.0 Å². The molecule has 2 aliphatic heterocycles. The summed E-state index contributed by atoms with van der Waals surface area (Å²) in [5.41, 5.74) is 16.9. The number of oxazole rings is 1. The molecule has 10 nitrogen and oxygen atoms in total. The van der Waals surface area contributed by atoms with E-state index in [-0.39, 0.29) is 18.1 Å². The minimum Gasteiger partial charge on any atom is -0.438 e. The molecule has 192 valence electrons. The molecule has 0 fully saturated rings. The highest BCUT2D eigenvalue weighted by molar-refractivity contribution is 6.17. The SMILES string of the molecule is Cc1cccc2cc(CN3N=C(c4ccc5oc(N)nc5c4)C4C(N)=NC=NC43)nc(Oc3ccccc3)c12. The number of aryl methyl sites for hydroxylation is 1. The first kappa shape index (κ1) is 22.9. The molecule has 0 spiro atoms. The number of benzene rings is 3. The van der Waals surface area contributed by atoms with Crippen LogP contribution >= 0.6 is 0 Å². The number of nitrogens with two attached hydrogens (primary N) is 2. The fraction of sp³-hybridized carbons (Fsp3) is 0.138. The molecule has 10 heteroatoms. The zero-order valence-electron chi connectivity index (χ0n) is 21.0. The molecule has 2 aliphatic rings. The average Bonchev–Trinajstić information content (AvgIpc) is 3.49. The molecule has 7 rings (SSSR count). The van der Waals surface area contributed by atoms with E-state index in [0.717, 1.165) is 39.1 Å². The van der Waals surface area contributed by atoms with E-state index >= 15 is 0 Å². The van der Waals surface area contributed by atoms with Crippen LogP contribution in [0.5, 0.6) is 11.6 Å². The highest BCUT2D eigenvalue weighted by Crippen LogP contribution is 2.34. The number of anilines is 1. The number of pyridine rings is 1. The Labute approximate surface area is 223 Å². The second-order valence-corrected chi connectivity index (χ2v) is 9.53. The van der Waals surface area contributed by atoms with Crippen LogP contribution in [0.1, 0.15) is 16.8 Å². The van der Waals surface area contributed by atoms with Gasteiger partial charge in [0.1, 0.15) is 29.4 Å². The fourth-order valence-corrected chi connectivity index (χ4v) is 5.17. The van der Waals surface area contributed by atoms with E-state index in [1.54, 1.807) is 0 Å². The van der Waals surface area contributed by atoms with Crippen LogP contribution in [0.25, 0.3) is 21.9 Å². The summed E-state index contributed by atoms with van der Waals surface area (Å²) in [6.45, 7) is 2.45. The van der Waals surface area contributed by atoms with Gasteiger partial charge in [-0.1, -0.05) is 36.4 Å². The quantitative estimate of drug-likeness (QED) is 0.347. The van der Waals surface area contributed by atoms with Gasteiger partial charge in [-0.15, -0.1) is 0 Å². The van der Waals surface area contributed by atoms with Crippen LogP contribution in [0, 0.1) is 12.8 Å². The van der Waals surface area contributed by atoms with Gasteiger partial charge < -0.3 is 20.6 Å². The standard InChI is InChI=1S/C29H24N8O2/c1-16-6-5-7-17-12-19(34-28(23(16)17)38-20-8-3-2-4-9-20)14-37-27-24(26(30)32-15-33-27)25(36-37)18-10-11-22-21(13-18)35-29(31)39-22/h2-13,15,24,27H,14H2,1H3,(H2,31,35)(H2,30,32,33). The predicted molar refractivity (Wildman–Crippen MR) is 151 cm³/mol. The second kappa shape index (κ2) is 8.95. The molecule has 2 unspecified atom stereocenters. The van der Waals surface area contributed by atoms with E-state index in [1.807, 2.05) is 59.6 Å². The lowest BCUT2D eigenvalue weighted by Crippen LogP contribution is -2.42. The maximum atomic E-state index is 6.38. The van der Waals surface area contributed by atoms with E-state index in [4.69, 9.17) is 30.7 Å². The number of fused-ring (bicyclic) bond motifs is 3. The molecule has 0 amide bonds. The van der Waals surface area contributed by atoms with Crippen molar-refractivity contribution in [2.45, 2.75) is 19.6 Å². The first-order chi connectivity index (χ1) is 19.0. The number of hydrogen-bond donors (Lipinski definition) is 2. The van der Waals surface area contributed by atoms with Gasteiger partial charge in [-0.05, 0) is 54.3 Å². The second-order valence-electron chi connectivity index (χ2n) is 9.53. The van der Waals surface area contributed by atoms with E-state index in [2.05, 4.69) is 40.1 Å². The Balaban J connectivity index is 1.29. The van der Waals surface area contributed by atoms with Crippen LogP contribution in [0.4, 0.5) is 6.01 Å². The molecule has 0 bridgehead atoms. The Morgan fingerprint density at radius 1 is 0.974 bits per heavy atom. The molecule has 5 aromatic rings. The Morgan fingerprint density at radius 3 is 2.72 bits per heavy atom. The topological polar surface area (TPSA) is 141 Å². The molecule has 39 heavy (non-hydrogen) atoms. The first-order valence-electron chi connectivity index (χ1n) is 12.5. The number of aromatic nitrogens is 2. The number of para-hydroxylation sites is 1. The van der Waals surface area contributed by atoms with Crippen molar-refractivity contribution in [2.75, 3.05) is 5.73 Å². The van der Waals surface area contributed by atoms with Gasteiger partial charge >= 0.3 is 0 Å². The summed E-state index contributed by atoms with van der Waals surface area (Å²) in [7, 11) is 0. The smallest absolute Gasteiger partial charge is 0.292 e. The summed E-state index contributed by atoms with van der Waals surface area (Å²) in [5.74, 6) is 1.40. The Morgan fingerprint density at radius 2 is 1.85 bits per heavy atom. The maximum absolute atomic E-state index is 6.38. The zero-order valence-corrected chi connectivity index (χ0v) is 21.0. The molecule has 3 aromatic carbocycles. The highest BCUT2D eigenvalue weighted by Gasteiger charge is 2.42. The summed E-state index contributed by atoms with van der Waals surface area (Å²) in [6.07, 6.45) is 1.13. The zero-order chi connectivity index (χ0) is 26.5. The monoisotopic (exact) mass is 516 g/mol. The molecule has 4 N–H and O–H groups in total. The predicted octanol–water partition coefficient (Wildman–Crippen LogP) is 4.62. The van der Waals surface area contributed by atoms with Crippen molar-refractivity contribution in [3.05, 3.63) is 89.6 Å². The van der Waals surface area contributed by atoms with Crippen molar-refractivity contribution in [3.63, 3.8) is 0 Å². The van der Waals surface area contributed by atoms with Crippen molar-refractivity contribution in [1.82, 2.24) is 15.0 Å². The van der Waals surface area contributed by atoms with Crippen LogP contribution < -0.4 is 16.2 Å².